The van der Waals surface area contributed by atoms with Crippen molar-refractivity contribution in [3.63, 3.8) is 0 Å². The second kappa shape index (κ2) is 9.15. The molecule has 0 spiro atoms. The van der Waals surface area contributed by atoms with Crippen molar-refractivity contribution < 1.29 is 9.59 Å². The van der Waals surface area contributed by atoms with Gasteiger partial charge in [0.05, 0.1) is 6.54 Å². The van der Waals surface area contributed by atoms with Gasteiger partial charge in [0.25, 0.3) is 0 Å². The quantitative estimate of drug-likeness (QED) is 0.514. The van der Waals surface area contributed by atoms with E-state index < -0.39 is 0 Å². The van der Waals surface area contributed by atoms with E-state index in [1.54, 1.807) is 0 Å². The maximum Gasteiger partial charge on any atom is 0.234 e. The Bertz CT molecular complexity index is 219. The van der Waals surface area contributed by atoms with Gasteiger partial charge in [0.1, 0.15) is 0 Å². The molecule has 2 amide bonds. The lowest BCUT2D eigenvalue weighted by Gasteiger charge is -2.13. The third kappa shape index (κ3) is 9.45. The first kappa shape index (κ1) is 14.9. The van der Waals surface area contributed by atoms with Gasteiger partial charge in [-0.3, -0.25) is 9.59 Å². The minimum Gasteiger partial charge on any atom is -0.355 e. The average Bonchev–Trinajstić information content (AvgIpc) is 2.16. The van der Waals surface area contributed by atoms with Gasteiger partial charge in [-0.1, -0.05) is 13.3 Å². The lowest BCUT2D eigenvalue weighted by Crippen LogP contribution is -2.40. The standard InChI is InChI=1S/C11H23N3O2/c1-4-5-9(2)14-11(16)8-12-6-7-13-10(3)15/h9,12H,4-8H2,1-3H3,(H,13,15)(H,14,16). The number of carbonyl (C=O) groups excluding carboxylic acids is 2. The molecule has 0 aliphatic rings. The van der Waals surface area contributed by atoms with E-state index >= 15 is 0 Å². The second-order valence-corrected chi connectivity index (χ2v) is 3.92. The fourth-order valence-electron chi connectivity index (χ4n) is 1.36. The molecule has 5 heteroatoms. The monoisotopic (exact) mass is 229 g/mol. The van der Waals surface area contributed by atoms with Gasteiger partial charge in [-0.2, -0.15) is 0 Å². The molecule has 0 heterocycles. The largest absolute Gasteiger partial charge is 0.355 e. The normalized spacial score (nSPS) is 11.9. The maximum atomic E-state index is 11.4. The van der Waals surface area contributed by atoms with Crippen molar-refractivity contribution in [3.8, 4) is 0 Å². The van der Waals surface area contributed by atoms with Crippen LogP contribution >= 0.6 is 0 Å². The topological polar surface area (TPSA) is 70.2 Å². The fraction of sp³-hybridized carbons (Fsp3) is 0.818. The summed E-state index contributed by atoms with van der Waals surface area (Å²) in [6.45, 7) is 7.02. The lowest BCUT2D eigenvalue weighted by molar-refractivity contribution is -0.120. The van der Waals surface area contributed by atoms with Crippen LogP contribution in [0.1, 0.15) is 33.6 Å². The molecule has 0 bridgehead atoms. The van der Waals surface area contributed by atoms with Crippen molar-refractivity contribution in [3.05, 3.63) is 0 Å². The van der Waals surface area contributed by atoms with Crippen LogP contribution in [0.5, 0.6) is 0 Å². The summed E-state index contributed by atoms with van der Waals surface area (Å²) in [7, 11) is 0. The average molecular weight is 229 g/mol. The van der Waals surface area contributed by atoms with Crippen LogP contribution in [-0.4, -0.2) is 37.5 Å². The van der Waals surface area contributed by atoms with E-state index in [-0.39, 0.29) is 17.9 Å². The summed E-state index contributed by atoms with van der Waals surface area (Å²) in [4.78, 5) is 21.9. The molecular weight excluding hydrogens is 206 g/mol. The van der Waals surface area contributed by atoms with Crippen LogP contribution in [0.15, 0.2) is 0 Å². The zero-order chi connectivity index (χ0) is 12.4. The van der Waals surface area contributed by atoms with Gasteiger partial charge in [0.2, 0.25) is 11.8 Å². The minimum atomic E-state index is -0.0529. The van der Waals surface area contributed by atoms with E-state index in [1.807, 2.05) is 6.92 Å². The van der Waals surface area contributed by atoms with Crippen LogP contribution in [0.2, 0.25) is 0 Å². The van der Waals surface area contributed by atoms with Gasteiger partial charge >= 0.3 is 0 Å². The van der Waals surface area contributed by atoms with Gasteiger partial charge in [0, 0.05) is 26.1 Å². The molecule has 0 saturated carbocycles. The van der Waals surface area contributed by atoms with Crippen molar-refractivity contribution in [2.45, 2.75) is 39.7 Å². The molecule has 0 fully saturated rings. The number of hydrogen-bond donors (Lipinski definition) is 3. The Hall–Kier alpha value is -1.10. The molecule has 0 saturated heterocycles. The molecule has 0 aromatic rings. The summed E-state index contributed by atoms with van der Waals surface area (Å²) >= 11 is 0. The smallest absolute Gasteiger partial charge is 0.234 e. The van der Waals surface area contributed by atoms with E-state index in [1.165, 1.54) is 6.92 Å². The van der Waals surface area contributed by atoms with Crippen LogP contribution in [0.4, 0.5) is 0 Å². The summed E-state index contributed by atoms with van der Waals surface area (Å²) in [5.74, 6) is -0.0494. The summed E-state index contributed by atoms with van der Waals surface area (Å²) in [6.07, 6.45) is 2.06. The van der Waals surface area contributed by atoms with Crippen LogP contribution in [-0.2, 0) is 9.59 Å². The van der Waals surface area contributed by atoms with Gasteiger partial charge in [0.15, 0.2) is 0 Å². The molecule has 0 radical (unpaired) electrons. The molecule has 0 aromatic carbocycles. The highest BCUT2D eigenvalue weighted by Gasteiger charge is 2.05. The zero-order valence-corrected chi connectivity index (χ0v) is 10.4. The Morgan fingerprint density at radius 3 is 2.50 bits per heavy atom. The molecule has 1 atom stereocenters. The number of nitrogens with one attached hydrogen (secondary N) is 3. The number of hydrogen-bond acceptors (Lipinski definition) is 3. The molecule has 94 valence electrons. The number of carbonyl (C=O) groups is 2. The Morgan fingerprint density at radius 2 is 1.94 bits per heavy atom. The second-order valence-electron chi connectivity index (χ2n) is 3.92. The molecular formula is C11H23N3O2. The molecule has 16 heavy (non-hydrogen) atoms. The fourth-order valence-corrected chi connectivity index (χ4v) is 1.36. The highest BCUT2D eigenvalue weighted by atomic mass is 16.2. The van der Waals surface area contributed by atoms with Crippen molar-refractivity contribution in [2.75, 3.05) is 19.6 Å². The van der Waals surface area contributed by atoms with Crippen LogP contribution < -0.4 is 16.0 Å². The molecule has 5 nitrogen and oxygen atoms in total. The molecule has 3 N–H and O–H groups in total. The molecule has 0 rings (SSSR count). The highest BCUT2D eigenvalue weighted by molar-refractivity contribution is 5.78. The predicted molar refractivity (Wildman–Crippen MR) is 64.1 cm³/mol. The first-order chi connectivity index (χ1) is 7.56. The molecule has 0 aromatic heterocycles. The maximum absolute atomic E-state index is 11.4. The summed E-state index contributed by atoms with van der Waals surface area (Å²) in [6, 6.07) is 0.231. The zero-order valence-electron chi connectivity index (χ0n) is 10.4. The summed E-state index contributed by atoms with van der Waals surface area (Å²) in [5.41, 5.74) is 0. The van der Waals surface area contributed by atoms with Crippen molar-refractivity contribution in [1.82, 2.24) is 16.0 Å². The van der Waals surface area contributed by atoms with Gasteiger partial charge in [-0.05, 0) is 13.3 Å². The van der Waals surface area contributed by atoms with E-state index in [0.717, 1.165) is 12.8 Å². The van der Waals surface area contributed by atoms with E-state index in [9.17, 15) is 9.59 Å². The van der Waals surface area contributed by atoms with E-state index in [4.69, 9.17) is 0 Å². The van der Waals surface area contributed by atoms with E-state index in [0.29, 0.717) is 19.6 Å². The van der Waals surface area contributed by atoms with Crippen molar-refractivity contribution in [2.24, 2.45) is 0 Å². The molecule has 0 aliphatic carbocycles. The van der Waals surface area contributed by atoms with Crippen molar-refractivity contribution >= 4 is 11.8 Å². The summed E-state index contributed by atoms with van der Waals surface area (Å²) < 4.78 is 0. The first-order valence-electron chi connectivity index (χ1n) is 5.80. The third-order valence-electron chi connectivity index (χ3n) is 2.09. The number of rotatable bonds is 8. The molecule has 1 unspecified atom stereocenters. The Kier molecular flexibility index (Phi) is 8.52. The lowest BCUT2D eigenvalue weighted by atomic mass is 10.2. The first-order valence-corrected chi connectivity index (χ1v) is 5.80. The minimum absolute atomic E-state index is 0.00350. The Balaban J connectivity index is 3.40. The van der Waals surface area contributed by atoms with Crippen LogP contribution in [0, 0.1) is 0 Å². The SMILES string of the molecule is CCCC(C)NC(=O)CNCCNC(C)=O. The summed E-state index contributed by atoms with van der Waals surface area (Å²) in [5, 5.41) is 8.50. The Morgan fingerprint density at radius 1 is 1.25 bits per heavy atom. The molecule has 0 aliphatic heterocycles. The predicted octanol–water partition coefficient (Wildman–Crippen LogP) is 0.0169. The van der Waals surface area contributed by atoms with Gasteiger partial charge in [-0.15, -0.1) is 0 Å². The highest BCUT2D eigenvalue weighted by Crippen LogP contribution is 1.93. The van der Waals surface area contributed by atoms with Gasteiger partial charge in [-0.25, -0.2) is 0 Å². The Labute approximate surface area is 97.4 Å². The van der Waals surface area contributed by atoms with Crippen molar-refractivity contribution in [1.29, 1.82) is 0 Å². The third-order valence-corrected chi connectivity index (χ3v) is 2.09. The van der Waals surface area contributed by atoms with Crippen LogP contribution in [0.3, 0.4) is 0 Å². The number of amides is 2. The van der Waals surface area contributed by atoms with Gasteiger partial charge < -0.3 is 16.0 Å². The van der Waals surface area contributed by atoms with E-state index in [2.05, 4.69) is 22.9 Å². The van der Waals surface area contributed by atoms with Crippen LogP contribution in [0.25, 0.3) is 0 Å².